The average molecular weight is 268 g/mol. The van der Waals surface area contributed by atoms with Crippen LogP contribution in [-0.4, -0.2) is 30.6 Å². The van der Waals surface area contributed by atoms with Crippen molar-refractivity contribution in [1.29, 1.82) is 0 Å². The Morgan fingerprint density at radius 2 is 2.00 bits per heavy atom. The van der Waals surface area contributed by atoms with Crippen LogP contribution < -0.4 is 5.32 Å². The first-order chi connectivity index (χ1) is 9.06. The number of hydrogen-bond acceptors (Lipinski definition) is 2. The number of rotatable bonds is 4. The van der Waals surface area contributed by atoms with Crippen LogP contribution in [0.25, 0.3) is 0 Å². The number of nitrogens with zero attached hydrogens (tertiary/aromatic N) is 1. The molecule has 0 aliphatic carbocycles. The molecule has 0 saturated carbocycles. The number of nitrogens with one attached hydrogen (secondary N) is 1. The van der Waals surface area contributed by atoms with Gasteiger partial charge in [0.2, 0.25) is 0 Å². The van der Waals surface area contributed by atoms with Crippen LogP contribution >= 0.6 is 0 Å². The minimum absolute atomic E-state index is 0.0941. The van der Waals surface area contributed by atoms with E-state index in [1.165, 1.54) is 12.1 Å². The summed E-state index contributed by atoms with van der Waals surface area (Å²) in [5.74, 6) is 0. The Kier molecular flexibility index (Phi) is 4.88. The van der Waals surface area contributed by atoms with Gasteiger partial charge in [0.25, 0.3) is 6.43 Å². The largest absolute Gasteiger partial charge is 0.310 e. The van der Waals surface area contributed by atoms with Gasteiger partial charge in [0.05, 0.1) is 0 Å². The van der Waals surface area contributed by atoms with Gasteiger partial charge in [0, 0.05) is 24.2 Å². The summed E-state index contributed by atoms with van der Waals surface area (Å²) in [7, 11) is 2.16. The predicted molar refractivity (Wildman–Crippen MR) is 73.4 cm³/mol. The standard InChI is InChI=1S/C15H22F2N2/c1-11-9-14(7-8-19(11)2)18-10-12-3-5-13(6-4-12)15(16)17/h3-6,11,14-15,18H,7-10H2,1-2H3. The Balaban J connectivity index is 1.82. The van der Waals surface area contributed by atoms with E-state index >= 15 is 0 Å². The first-order valence-corrected chi connectivity index (χ1v) is 6.87. The van der Waals surface area contributed by atoms with Crippen LogP contribution in [0.4, 0.5) is 8.78 Å². The third-order valence-corrected chi connectivity index (χ3v) is 4.03. The highest BCUT2D eigenvalue weighted by Gasteiger charge is 2.22. The zero-order valence-electron chi connectivity index (χ0n) is 11.6. The van der Waals surface area contributed by atoms with Crippen molar-refractivity contribution in [2.75, 3.05) is 13.6 Å². The highest BCUT2D eigenvalue weighted by atomic mass is 19.3. The average Bonchev–Trinajstić information content (AvgIpc) is 2.40. The van der Waals surface area contributed by atoms with Crippen molar-refractivity contribution < 1.29 is 8.78 Å². The van der Waals surface area contributed by atoms with Crippen molar-refractivity contribution >= 4 is 0 Å². The summed E-state index contributed by atoms with van der Waals surface area (Å²) in [6, 6.07) is 7.73. The summed E-state index contributed by atoms with van der Waals surface area (Å²) in [5, 5.41) is 3.52. The molecule has 1 N–H and O–H groups in total. The molecule has 106 valence electrons. The van der Waals surface area contributed by atoms with E-state index in [0.717, 1.165) is 31.5 Å². The van der Waals surface area contributed by atoms with E-state index in [2.05, 4.69) is 24.2 Å². The minimum atomic E-state index is -2.38. The molecule has 1 saturated heterocycles. The number of piperidine rings is 1. The summed E-state index contributed by atoms with van der Waals surface area (Å²) in [5.41, 5.74) is 1.16. The van der Waals surface area contributed by atoms with E-state index in [1.807, 2.05) is 0 Å². The summed E-state index contributed by atoms with van der Waals surface area (Å²) in [6.45, 7) is 4.11. The molecule has 1 aliphatic heterocycles. The van der Waals surface area contributed by atoms with Gasteiger partial charge in [0.15, 0.2) is 0 Å². The molecule has 2 unspecified atom stereocenters. The van der Waals surface area contributed by atoms with Crippen LogP contribution in [0, 0.1) is 0 Å². The van der Waals surface area contributed by atoms with Crippen molar-refractivity contribution in [2.45, 2.75) is 44.8 Å². The molecule has 0 aromatic heterocycles. The zero-order valence-corrected chi connectivity index (χ0v) is 11.6. The van der Waals surface area contributed by atoms with Gasteiger partial charge < -0.3 is 10.2 Å². The molecule has 2 rings (SSSR count). The summed E-state index contributed by atoms with van der Waals surface area (Å²) >= 11 is 0. The molecule has 1 heterocycles. The molecule has 1 fully saturated rings. The molecular weight excluding hydrogens is 246 g/mol. The second kappa shape index (κ2) is 6.44. The smallest absolute Gasteiger partial charge is 0.263 e. The first-order valence-electron chi connectivity index (χ1n) is 6.87. The van der Waals surface area contributed by atoms with E-state index in [1.54, 1.807) is 12.1 Å². The van der Waals surface area contributed by atoms with Gasteiger partial charge in [-0.25, -0.2) is 8.78 Å². The molecule has 1 aliphatic rings. The number of benzene rings is 1. The Morgan fingerprint density at radius 3 is 2.58 bits per heavy atom. The zero-order chi connectivity index (χ0) is 13.8. The van der Waals surface area contributed by atoms with Crippen LogP contribution in [0.2, 0.25) is 0 Å². The van der Waals surface area contributed by atoms with Crippen LogP contribution in [-0.2, 0) is 6.54 Å². The van der Waals surface area contributed by atoms with Gasteiger partial charge in [0.1, 0.15) is 0 Å². The van der Waals surface area contributed by atoms with Gasteiger partial charge >= 0.3 is 0 Å². The minimum Gasteiger partial charge on any atom is -0.310 e. The van der Waals surface area contributed by atoms with E-state index in [0.29, 0.717) is 12.1 Å². The second-order valence-electron chi connectivity index (χ2n) is 5.47. The van der Waals surface area contributed by atoms with E-state index in [-0.39, 0.29) is 5.56 Å². The van der Waals surface area contributed by atoms with Crippen molar-refractivity contribution in [1.82, 2.24) is 10.2 Å². The number of halogens is 2. The lowest BCUT2D eigenvalue weighted by atomic mass is 9.98. The van der Waals surface area contributed by atoms with Gasteiger partial charge in [-0.3, -0.25) is 0 Å². The highest BCUT2D eigenvalue weighted by Crippen LogP contribution is 2.19. The normalized spacial score (nSPS) is 24.9. The van der Waals surface area contributed by atoms with Crippen molar-refractivity contribution in [3.05, 3.63) is 35.4 Å². The number of likely N-dealkylation sites (tertiary alicyclic amines) is 1. The van der Waals surface area contributed by atoms with Crippen molar-refractivity contribution in [3.63, 3.8) is 0 Å². The molecule has 2 nitrogen and oxygen atoms in total. The molecule has 0 radical (unpaired) electrons. The first kappa shape index (κ1) is 14.4. The summed E-state index contributed by atoms with van der Waals surface area (Å²) in [4.78, 5) is 2.37. The molecular formula is C15H22F2N2. The number of hydrogen-bond donors (Lipinski definition) is 1. The number of alkyl halides is 2. The quantitative estimate of drug-likeness (QED) is 0.902. The van der Waals surface area contributed by atoms with Gasteiger partial charge in [-0.15, -0.1) is 0 Å². The molecule has 0 amide bonds. The molecule has 1 aromatic rings. The highest BCUT2D eigenvalue weighted by molar-refractivity contribution is 5.23. The van der Waals surface area contributed by atoms with E-state index in [9.17, 15) is 8.78 Å². The van der Waals surface area contributed by atoms with Crippen LogP contribution in [0.1, 0.15) is 37.3 Å². The SMILES string of the molecule is CC1CC(NCc2ccc(C(F)F)cc2)CCN1C. The molecule has 4 heteroatoms. The maximum Gasteiger partial charge on any atom is 0.263 e. The van der Waals surface area contributed by atoms with Crippen LogP contribution in [0.15, 0.2) is 24.3 Å². The van der Waals surface area contributed by atoms with Gasteiger partial charge in [-0.05, 0) is 38.9 Å². The Morgan fingerprint density at radius 1 is 1.32 bits per heavy atom. The fourth-order valence-electron chi connectivity index (χ4n) is 2.52. The lowest BCUT2D eigenvalue weighted by Crippen LogP contribution is -2.45. The predicted octanol–water partition coefficient (Wildman–Crippen LogP) is 3.20. The maximum absolute atomic E-state index is 12.4. The Labute approximate surface area is 113 Å². The fourth-order valence-corrected chi connectivity index (χ4v) is 2.52. The third kappa shape index (κ3) is 3.98. The maximum atomic E-state index is 12.4. The molecule has 2 atom stereocenters. The molecule has 0 spiro atoms. The van der Waals surface area contributed by atoms with E-state index in [4.69, 9.17) is 0 Å². The lowest BCUT2D eigenvalue weighted by Gasteiger charge is -2.35. The summed E-state index contributed by atoms with van der Waals surface area (Å²) < 4.78 is 24.9. The topological polar surface area (TPSA) is 15.3 Å². The third-order valence-electron chi connectivity index (χ3n) is 4.03. The van der Waals surface area contributed by atoms with Crippen molar-refractivity contribution in [3.8, 4) is 0 Å². The molecule has 1 aromatic carbocycles. The van der Waals surface area contributed by atoms with E-state index < -0.39 is 6.43 Å². The van der Waals surface area contributed by atoms with Crippen LogP contribution in [0.5, 0.6) is 0 Å². The van der Waals surface area contributed by atoms with Gasteiger partial charge in [-0.1, -0.05) is 24.3 Å². The molecule has 19 heavy (non-hydrogen) atoms. The Bertz CT molecular complexity index is 392. The van der Waals surface area contributed by atoms with Crippen molar-refractivity contribution in [2.24, 2.45) is 0 Å². The fraction of sp³-hybridized carbons (Fsp3) is 0.600. The monoisotopic (exact) mass is 268 g/mol. The lowest BCUT2D eigenvalue weighted by molar-refractivity contribution is 0.151. The van der Waals surface area contributed by atoms with Crippen LogP contribution in [0.3, 0.4) is 0 Å². The second-order valence-corrected chi connectivity index (χ2v) is 5.47. The van der Waals surface area contributed by atoms with Gasteiger partial charge in [-0.2, -0.15) is 0 Å². The summed E-state index contributed by atoms with van der Waals surface area (Å²) in [6.07, 6.45) is -0.0848. The Hall–Kier alpha value is -1.00. The molecule has 0 bridgehead atoms.